The van der Waals surface area contributed by atoms with Crippen LogP contribution in [0.25, 0.3) is 0 Å². The van der Waals surface area contributed by atoms with E-state index in [9.17, 15) is 4.79 Å². The number of rotatable bonds is 8. The molecule has 0 saturated carbocycles. The summed E-state index contributed by atoms with van der Waals surface area (Å²) in [6.45, 7) is 6.38. The Bertz CT molecular complexity index is 463. The van der Waals surface area contributed by atoms with Gasteiger partial charge in [0.15, 0.2) is 0 Å². The minimum atomic E-state index is -0.152. The maximum atomic E-state index is 12.0. The molecule has 5 nitrogen and oxygen atoms in total. The second kappa shape index (κ2) is 8.52. The molecule has 0 aromatic heterocycles. The van der Waals surface area contributed by atoms with Crippen molar-refractivity contribution in [2.75, 3.05) is 20.8 Å². The van der Waals surface area contributed by atoms with Crippen LogP contribution in [0.4, 0.5) is 0 Å². The van der Waals surface area contributed by atoms with Gasteiger partial charge in [-0.15, -0.1) is 0 Å². The molecular weight excluding hydrogens is 268 g/mol. The number of methoxy groups -OCH3 is 2. The van der Waals surface area contributed by atoms with Crippen molar-refractivity contribution in [1.82, 2.24) is 10.6 Å². The van der Waals surface area contributed by atoms with Gasteiger partial charge >= 0.3 is 0 Å². The molecule has 2 unspecified atom stereocenters. The first-order valence-electron chi connectivity index (χ1n) is 7.26. The topological polar surface area (TPSA) is 59.6 Å². The van der Waals surface area contributed by atoms with Gasteiger partial charge in [-0.3, -0.25) is 4.79 Å². The molecule has 0 aliphatic rings. The van der Waals surface area contributed by atoms with Crippen molar-refractivity contribution in [2.45, 2.75) is 39.3 Å². The number of amides is 1. The van der Waals surface area contributed by atoms with E-state index in [1.54, 1.807) is 14.2 Å². The molecule has 2 N–H and O–H groups in total. The lowest BCUT2D eigenvalue weighted by atomic mass is 10.1. The number of hydrogen-bond donors (Lipinski definition) is 2. The van der Waals surface area contributed by atoms with E-state index >= 15 is 0 Å². The molecule has 0 heterocycles. The molecule has 0 aliphatic carbocycles. The highest BCUT2D eigenvalue weighted by molar-refractivity contribution is 5.78. The zero-order chi connectivity index (χ0) is 15.8. The number of carbonyl (C=O) groups excluding carboxylic acids is 1. The predicted molar refractivity (Wildman–Crippen MR) is 83.9 cm³/mol. The first kappa shape index (κ1) is 17.3. The lowest BCUT2D eigenvalue weighted by Gasteiger charge is -2.19. The minimum Gasteiger partial charge on any atom is -0.497 e. The van der Waals surface area contributed by atoms with Crippen LogP contribution in [0.15, 0.2) is 18.2 Å². The third-order valence-electron chi connectivity index (χ3n) is 3.50. The van der Waals surface area contributed by atoms with Gasteiger partial charge in [-0.2, -0.15) is 0 Å². The Balaban J connectivity index is 2.69. The monoisotopic (exact) mass is 294 g/mol. The van der Waals surface area contributed by atoms with Gasteiger partial charge in [-0.25, -0.2) is 0 Å². The SMILES string of the molecule is CCC(C)NCC(=O)NC(C)c1cc(OC)ccc1OC. The van der Waals surface area contributed by atoms with Crippen molar-refractivity contribution in [1.29, 1.82) is 0 Å². The van der Waals surface area contributed by atoms with Crippen molar-refractivity contribution in [3.63, 3.8) is 0 Å². The molecule has 21 heavy (non-hydrogen) atoms. The molecule has 1 aromatic rings. The molecule has 0 spiro atoms. The predicted octanol–water partition coefficient (Wildman–Crippen LogP) is 2.27. The molecule has 0 fully saturated rings. The number of hydrogen-bond acceptors (Lipinski definition) is 4. The third kappa shape index (κ3) is 5.27. The van der Waals surface area contributed by atoms with Gasteiger partial charge in [0.05, 0.1) is 26.8 Å². The van der Waals surface area contributed by atoms with Gasteiger partial charge < -0.3 is 20.1 Å². The maximum absolute atomic E-state index is 12.0. The lowest BCUT2D eigenvalue weighted by Crippen LogP contribution is -2.38. The largest absolute Gasteiger partial charge is 0.497 e. The fraction of sp³-hybridized carbons (Fsp3) is 0.562. The average molecular weight is 294 g/mol. The van der Waals surface area contributed by atoms with Gasteiger partial charge in [0.1, 0.15) is 11.5 Å². The summed E-state index contributed by atoms with van der Waals surface area (Å²) in [7, 11) is 3.23. The van der Waals surface area contributed by atoms with Crippen LogP contribution in [0.2, 0.25) is 0 Å². The van der Waals surface area contributed by atoms with Crippen LogP contribution in [0.1, 0.15) is 38.8 Å². The number of nitrogens with one attached hydrogen (secondary N) is 2. The summed E-state index contributed by atoms with van der Waals surface area (Å²) in [6, 6.07) is 5.74. The third-order valence-corrected chi connectivity index (χ3v) is 3.50. The number of carbonyl (C=O) groups is 1. The highest BCUT2D eigenvalue weighted by Crippen LogP contribution is 2.29. The highest BCUT2D eigenvalue weighted by atomic mass is 16.5. The van der Waals surface area contributed by atoms with Crippen LogP contribution in [-0.4, -0.2) is 32.7 Å². The molecule has 1 rings (SSSR count). The molecule has 1 amide bonds. The zero-order valence-corrected chi connectivity index (χ0v) is 13.5. The van der Waals surface area contributed by atoms with Gasteiger partial charge in [-0.1, -0.05) is 6.92 Å². The molecule has 1 aromatic carbocycles. The molecule has 5 heteroatoms. The van der Waals surface area contributed by atoms with E-state index in [-0.39, 0.29) is 11.9 Å². The minimum absolute atomic E-state index is 0.0346. The first-order valence-corrected chi connectivity index (χ1v) is 7.26. The van der Waals surface area contributed by atoms with E-state index < -0.39 is 0 Å². The Kier molecular flexibility index (Phi) is 7.02. The van der Waals surface area contributed by atoms with E-state index in [2.05, 4.69) is 24.5 Å². The van der Waals surface area contributed by atoms with E-state index in [1.165, 1.54) is 0 Å². The van der Waals surface area contributed by atoms with Crippen LogP contribution in [0, 0.1) is 0 Å². The van der Waals surface area contributed by atoms with E-state index in [4.69, 9.17) is 9.47 Å². The summed E-state index contributed by atoms with van der Waals surface area (Å²) in [5, 5.41) is 6.14. The number of benzene rings is 1. The van der Waals surface area contributed by atoms with Crippen LogP contribution in [0.3, 0.4) is 0 Å². The van der Waals surface area contributed by atoms with Gasteiger partial charge in [0.2, 0.25) is 5.91 Å². The van der Waals surface area contributed by atoms with Crippen LogP contribution >= 0.6 is 0 Å². The molecule has 2 atom stereocenters. The zero-order valence-electron chi connectivity index (χ0n) is 13.5. The molecule has 0 bridgehead atoms. The number of ether oxygens (including phenoxy) is 2. The highest BCUT2D eigenvalue weighted by Gasteiger charge is 2.15. The molecular formula is C16H26N2O3. The summed E-state index contributed by atoms with van der Waals surface area (Å²) >= 11 is 0. The van der Waals surface area contributed by atoms with Gasteiger partial charge in [-0.05, 0) is 38.5 Å². The second-order valence-electron chi connectivity index (χ2n) is 5.09. The summed E-state index contributed by atoms with van der Waals surface area (Å²) in [5.41, 5.74) is 0.897. The Morgan fingerprint density at radius 3 is 2.52 bits per heavy atom. The summed E-state index contributed by atoms with van der Waals surface area (Å²) in [6.07, 6.45) is 0.993. The normalized spacial score (nSPS) is 13.4. The Hall–Kier alpha value is -1.75. The van der Waals surface area contributed by atoms with Crippen molar-refractivity contribution in [3.05, 3.63) is 23.8 Å². The fourth-order valence-electron chi connectivity index (χ4n) is 1.96. The molecule has 0 radical (unpaired) electrons. The Morgan fingerprint density at radius 2 is 1.95 bits per heavy atom. The van der Waals surface area contributed by atoms with Crippen LogP contribution in [-0.2, 0) is 4.79 Å². The standard InChI is InChI=1S/C16H26N2O3/c1-6-11(2)17-10-16(19)18-12(3)14-9-13(20-4)7-8-15(14)21-5/h7-9,11-12,17H,6,10H2,1-5H3,(H,18,19). The van der Waals surface area contributed by atoms with Crippen molar-refractivity contribution < 1.29 is 14.3 Å². The Labute approximate surface area is 127 Å². The van der Waals surface area contributed by atoms with Gasteiger partial charge in [0, 0.05) is 11.6 Å². The fourth-order valence-corrected chi connectivity index (χ4v) is 1.96. The lowest BCUT2D eigenvalue weighted by molar-refractivity contribution is -0.121. The Morgan fingerprint density at radius 1 is 1.24 bits per heavy atom. The average Bonchev–Trinajstić information content (AvgIpc) is 2.51. The van der Waals surface area contributed by atoms with Gasteiger partial charge in [0.25, 0.3) is 0 Å². The molecule has 118 valence electrons. The van der Waals surface area contributed by atoms with E-state index in [1.807, 2.05) is 25.1 Å². The van der Waals surface area contributed by atoms with Crippen molar-refractivity contribution in [3.8, 4) is 11.5 Å². The van der Waals surface area contributed by atoms with Crippen molar-refractivity contribution in [2.24, 2.45) is 0 Å². The summed E-state index contributed by atoms with van der Waals surface area (Å²) < 4.78 is 10.6. The van der Waals surface area contributed by atoms with E-state index in [0.29, 0.717) is 12.6 Å². The molecule has 0 saturated heterocycles. The second-order valence-corrected chi connectivity index (χ2v) is 5.09. The quantitative estimate of drug-likeness (QED) is 0.772. The smallest absolute Gasteiger partial charge is 0.234 e. The van der Waals surface area contributed by atoms with Crippen LogP contribution < -0.4 is 20.1 Å². The summed E-state index contributed by atoms with van der Waals surface area (Å²) in [5.74, 6) is 1.44. The van der Waals surface area contributed by atoms with Crippen LogP contribution in [0.5, 0.6) is 11.5 Å². The van der Waals surface area contributed by atoms with E-state index in [0.717, 1.165) is 23.5 Å². The summed E-state index contributed by atoms with van der Waals surface area (Å²) in [4.78, 5) is 12.0. The van der Waals surface area contributed by atoms with Crippen molar-refractivity contribution >= 4 is 5.91 Å². The maximum Gasteiger partial charge on any atom is 0.234 e. The first-order chi connectivity index (χ1) is 10.0. The molecule has 0 aliphatic heterocycles.